The summed E-state index contributed by atoms with van der Waals surface area (Å²) in [5, 5.41) is 3.44. The molecule has 3 nitrogen and oxygen atoms in total. The zero-order chi connectivity index (χ0) is 11.6. The Kier molecular flexibility index (Phi) is 9.39. The maximum absolute atomic E-state index is 5.43. The highest BCUT2D eigenvalue weighted by atomic mass is 28.4. The van der Waals surface area contributed by atoms with Gasteiger partial charge in [0, 0.05) is 14.2 Å². The molecule has 0 aliphatic carbocycles. The van der Waals surface area contributed by atoms with E-state index in [1.54, 1.807) is 14.2 Å². The van der Waals surface area contributed by atoms with Crippen molar-refractivity contribution in [2.45, 2.75) is 45.2 Å². The predicted molar refractivity (Wildman–Crippen MR) is 67.5 cm³/mol. The fraction of sp³-hybridized carbons (Fsp3) is 1.00. The van der Waals surface area contributed by atoms with E-state index in [9.17, 15) is 0 Å². The normalized spacial score (nSPS) is 12.0. The summed E-state index contributed by atoms with van der Waals surface area (Å²) in [7, 11) is 1.72. The lowest BCUT2D eigenvalue weighted by atomic mass is 10.3. The van der Waals surface area contributed by atoms with Crippen molar-refractivity contribution in [3.63, 3.8) is 0 Å². The number of hydrogen-bond acceptors (Lipinski definition) is 3. The summed E-state index contributed by atoms with van der Waals surface area (Å²) in [6.07, 6.45) is 4.97. The van der Waals surface area contributed by atoms with Gasteiger partial charge in [-0.2, -0.15) is 0 Å². The van der Waals surface area contributed by atoms with Gasteiger partial charge < -0.3 is 14.2 Å². The van der Waals surface area contributed by atoms with Crippen LogP contribution < -0.4 is 5.32 Å². The van der Waals surface area contributed by atoms with Gasteiger partial charge in [0.25, 0.3) is 0 Å². The van der Waals surface area contributed by atoms with Gasteiger partial charge in [0.05, 0.1) is 0 Å². The van der Waals surface area contributed by atoms with Gasteiger partial charge in [0.2, 0.25) is 0 Å². The molecule has 0 aliphatic rings. The van der Waals surface area contributed by atoms with Crippen molar-refractivity contribution >= 4 is 8.56 Å². The highest BCUT2D eigenvalue weighted by Crippen LogP contribution is 2.14. The first kappa shape index (κ1) is 15.1. The Labute approximate surface area is 95.8 Å². The van der Waals surface area contributed by atoms with Gasteiger partial charge in [-0.3, -0.25) is 0 Å². The van der Waals surface area contributed by atoms with Crippen LogP contribution in [-0.2, 0) is 8.85 Å². The summed E-state index contributed by atoms with van der Waals surface area (Å²) in [5.74, 6) is 0. The molecule has 15 heavy (non-hydrogen) atoms. The van der Waals surface area contributed by atoms with Crippen LogP contribution in [-0.4, -0.2) is 35.9 Å². The third-order valence-corrected chi connectivity index (χ3v) is 5.79. The molecule has 0 rings (SSSR count). The van der Waals surface area contributed by atoms with Crippen molar-refractivity contribution in [2.24, 2.45) is 0 Å². The average Bonchev–Trinajstić information content (AvgIpc) is 2.27. The van der Waals surface area contributed by atoms with E-state index in [1.165, 1.54) is 25.7 Å². The number of unbranched alkanes of at least 4 members (excludes halogenated alkanes) is 2. The highest BCUT2D eigenvalue weighted by molar-refractivity contribution is 6.65. The van der Waals surface area contributed by atoms with Gasteiger partial charge in [0.15, 0.2) is 0 Å². The summed E-state index contributed by atoms with van der Waals surface area (Å²) >= 11 is 0. The van der Waals surface area contributed by atoms with Crippen molar-refractivity contribution in [1.29, 1.82) is 0 Å². The Hall–Kier alpha value is 0.0969. The minimum Gasteiger partial charge on any atom is -0.398 e. The lowest BCUT2D eigenvalue weighted by Gasteiger charge is -2.22. The van der Waals surface area contributed by atoms with E-state index in [0.29, 0.717) is 0 Å². The smallest absolute Gasteiger partial charge is 0.334 e. The number of rotatable bonds is 10. The van der Waals surface area contributed by atoms with Gasteiger partial charge in [-0.1, -0.05) is 19.8 Å². The molecule has 0 aromatic carbocycles. The summed E-state index contributed by atoms with van der Waals surface area (Å²) in [5.41, 5.74) is 0. The van der Waals surface area contributed by atoms with E-state index in [4.69, 9.17) is 8.85 Å². The van der Waals surface area contributed by atoms with Crippen LogP contribution in [0.2, 0.25) is 12.6 Å². The van der Waals surface area contributed by atoms with E-state index in [0.717, 1.165) is 19.1 Å². The molecule has 0 bridgehead atoms. The van der Waals surface area contributed by atoms with Crippen molar-refractivity contribution in [3.05, 3.63) is 0 Å². The standard InChI is InChI=1S/C11H27NO2Si/c1-5-6-9-12-10-7-8-11-15(4,13-2)14-3/h12H,5-11H2,1-4H3. The van der Waals surface area contributed by atoms with Gasteiger partial charge in [-0.15, -0.1) is 0 Å². The summed E-state index contributed by atoms with van der Waals surface area (Å²) in [6.45, 7) is 6.62. The Balaban J connectivity index is 3.29. The maximum Gasteiger partial charge on any atom is 0.334 e. The molecule has 92 valence electrons. The van der Waals surface area contributed by atoms with Crippen molar-refractivity contribution in [3.8, 4) is 0 Å². The van der Waals surface area contributed by atoms with Gasteiger partial charge in [-0.25, -0.2) is 0 Å². The second-order valence-corrected chi connectivity index (χ2v) is 7.69. The summed E-state index contributed by atoms with van der Waals surface area (Å²) in [6, 6.07) is 1.09. The van der Waals surface area contributed by atoms with Crippen LogP contribution in [0, 0.1) is 0 Å². The van der Waals surface area contributed by atoms with Crippen molar-refractivity contribution < 1.29 is 8.85 Å². The Morgan fingerprint density at radius 1 is 1.00 bits per heavy atom. The molecule has 0 heterocycles. The zero-order valence-electron chi connectivity index (χ0n) is 10.8. The van der Waals surface area contributed by atoms with E-state index in [1.807, 2.05) is 0 Å². The quantitative estimate of drug-likeness (QED) is 0.464. The average molecular weight is 233 g/mol. The molecule has 0 aromatic heterocycles. The van der Waals surface area contributed by atoms with Crippen LogP contribution in [0.1, 0.15) is 32.6 Å². The van der Waals surface area contributed by atoms with E-state index < -0.39 is 8.56 Å². The largest absolute Gasteiger partial charge is 0.398 e. The predicted octanol–water partition coefficient (Wildman–Crippen LogP) is 2.52. The van der Waals surface area contributed by atoms with E-state index in [2.05, 4.69) is 18.8 Å². The molecule has 0 spiro atoms. The highest BCUT2D eigenvalue weighted by Gasteiger charge is 2.27. The molecule has 0 amide bonds. The molecule has 0 radical (unpaired) electrons. The lowest BCUT2D eigenvalue weighted by molar-refractivity contribution is 0.248. The second-order valence-electron chi connectivity index (χ2n) is 4.10. The monoisotopic (exact) mass is 233 g/mol. The van der Waals surface area contributed by atoms with Crippen LogP contribution in [0.15, 0.2) is 0 Å². The van der Waals surface area contributed by atoms with Crippen LogP contribution in [0.5, 0.6) is 0 Å². The molecule has 0 atom stereocenters. The second kappa shape index (κ2) is 9.33. The molecule has 0 aromatic rings. The Morgan fingerprint density at radius 3 is 2.13 bits per heavy atom. The van der Waals surface area contributed by atoms with E-state index >= 15 is 0 Å². The Bertz CT molecular complexity index is 141. The van der Waals surface area contributed by atoms with Crippen molar-refractivity contribution in [1.82, 2.24) is 5.32 Å². The molecular weight excluding hydrogens is 206 g/mol. The van der Waals surface area contributed by atoms with Gasteiger partial charge in [-0.05, 0) is 38.5 Å². The molecular formula is C11H27NO2Si. The summed E-state index contributed by atoms with van der Waals surface area (Å²) in [4.78, 5) is 0. The van der Waals surface area contributed by atoms with Crippen LogP contribution in [0.25, 0.3) is 0 Å². The zero-order valence-corrected chi connectivity index (χ0v) is 11.8. The minimum absolute atomic E-state index is 1.09. The fourth-order valence-corrected chi connectivity index (χ4v) is 2.88. The van der Waals surface area contributed by atoms with Gasteiger partial charge in [0.1, 0.15) is 0 Å². The topological polar surface area (TPSA) is 30.5 Å². The van der Waals surface area contributed by atoms with Gasteiger partial charge >= 0.3 is 8.56 Å². The number of nitrogens with one attached hydrogen (secondary N) is 1. The molecule has 0 saturated carbocycles. The maximum atomic E-state index is 5.43. The van der Waals surface area contributed by atoms with Crippen LogP contribution >= 0.6 is 0 Å². The first-order chi connectivity index (χ1) is 7.18. The van der Waals surface area contributed by atoms with Crippen molar-refractivity contribution in [2.75, 3.05) is 27.3 Å². The molecule has 0 unspecified atom stereocenters. The first-order valence-electron chi connectivity index (χ1n) is 5.99. The van der Waals surface area contributed by atoms with Crippen LogP contribution in [0.4, 0.5) is 0 Å². The first-order valence-corrected chi connectivity index (χ1v) is 8.52. The third-order valence-electron chi connectivity index (χ3n) is 2.81. The lowest BCUT2D eigenvalue weighted by Crippen LogP contribution is -2.35. The molecule has 1 N–H and O–H groups in total. The van der Waals surface area contributed by atoms with E-state index in [-0.39, 0.29) is 0 Å². The minimum atomic E-state index is -1.80. The van der Waals surface area contributed by atoms with Crippen LogP contribution in [0.3, 0.4) is 0 Å². The molecule has 4 heteroatoms. The molecule has 0 saturated heterocycles. The number of hydrogen-bond donors (Lipinski definition) is 1. The fourth-order valence-electron chi connectivity index (χ4n) is 1.41. The molecule has 0 aliphatic heterocycles. The Morgan fingerprint density at radius 2 is 1.60 bits per heavy atom. The molecule has 0 fully saturated rings. The summed E-state index contributed by atoms with van der Waals surface area (Å²) < 4.78 is 10.9. The SMILES string of the molecule is CCCCNCCCC[Si](C)(OC)OC. The third kappa shape index (κ3) is 7.96.